The topological polar surface area (TPSA) is 234 Å². The molecule has 10 amide bonds. The lowest BCUT2D eigenvalue weighted by atomic mass is 9.98. The molecule has 0 spiro atoms. The first-order valence-electron chi connectivity index (χ1n) is 27.7. The third-order valence-corrected chi connectivity index (χ3v) is 15.9. The van der Waals surface area contributed by atoms with Gasteiger partial charge in [0, 0.05) is 43.0 Å². The molecule has 7 atom stereocenters. The van der Waals surface area contributed by atoms with Crippen molar-refractivity contribution in [3.8, 4) is 0 Å². The highest BCUT2D eigenvalue weighted by atomic mass is 16.2. The second-order valence-electron chi connectivity index (χ2n) is 21.0. The van der Waals surface area contributed by atoms with Crippen molar-refractivity contribution in [2.45, 2.75) is 113 Å². The first-order valence-corrected chi connectivity index (χ1v) is 27.7. The van der Waals surface area contributed by atoms with Crippen molar-refractivity contribution in [3.05, 3.63) is 168 Å². The summed E-state index contributed by atoms with van der Waals surface area (Å²) in [6.07, 6.45) is 2.78. The maximum absolute atomic E-state index is 14.7. The largest absolute Gasteiger partial charge is 0.343 e. The number of hydrogen-bond donors (Lipinski definition) is 7. The van der Waals surface area contributed by atoms with Crippen molar-refractivity contribution < 1.29 is 38.4 Å². The van der Waals surface area contributed by atoms with E-state index in [2.05, 4.69) is 37.2 Å². The molecular weight excluding hydrogens is 1010 g/mol. The van der Waals surface area contributed by atoms with Crippen LogP contribution in [0.4, 0.5) is 21.0 Å². The highest BCUT2D eigenvalue weighted by Crippen LogP contribution is 2.34. The molecule has 0 aliphatic carbocycles. The van der Waals surface area contributed by atoms with Gasteiger partial charge in [0.25, 0.3) is 0 Å². The van der Waals surface area contributed by atoms with E-state index in [0.717, 1.165) is 22.3 Å². The zero-order chi connectivity index (χ0) is 56.3. The summed E-state index contributed by atoms with van der Waals surface area (Å²) in [6, 6.07) is 37.8. The van der Waals surface area contributed by atoms with E-state index in [1.165, 1.54) is 9.80 Å². The van der Waals surface area contributed by atoms with E-state index < -0.39 is 72.1 Å². The standard InChI is InChI=1S/C61H71N11O8/c1-4-52(73)65-48-37-69(35-33-46-29-31-50(71(46)58(48)77)56(75)67-53(40-17-9-5-10-18-40)41-19-11-6-12-20-41)60(79)63-44-25-27-45(28-26-44)64-61(80)70-36-34-47-30-32-51(72(47)59(78)49(38-70)66-55(74)39(2)62-3)57(76)68-54(42-21-13-7-14-22-42)43-23-15-8-16-24-43/h5-28,39,46-51,53-54,62H,4,29-38H2,1-3H3,(H,63,79)(H,64,80)(H,65,73)(H,66,74)(H,67,75)(H,68,76). The molecule has 4 saturated heterocycles. The number of urea groups is 2. The lowest BCUT2D eigenvalue weighted by Crippen LogP contribution is -2.62. The van der Waals surface area contributed by atoms with Gasteiger partial charge in [0.05, 0.1) is 31.2 Å². The third-order valence-electron chi connectivity index (χ3n) is 15.9. The number of anilines is 2. The van der Waals surface area contributed by atoms with E-state index in [-0.39, 0.29) is 62.4 Å². The summed E-state index contributed by atoms with van der Waals surface area (Å²) in [5.74, 6) is -2.31. The molecule has 4 aliphatic rings. The molecule has 0 bridgehead atoms. The summed E-state index contributed by atoms with van der Waals surface area (Å²) in [5, 5.41) is 20.9. The Morgan fingerprint density at radius 1 is 0.500 bits per heavy atom. The van der Waals surface area contributed by atoms with Crippen molar-refractivity contribution in [2.75, 3.05) is 43.9 Å². The molecule has 7 N–H and O–H groups in total. The van der Waals surface area contributed by atoms with Crippen LogP contribution >= 0.6 is 0 Å². The molecule has 19 nitrogen and oxygen atoms in total. The van der Waals surface area contributed by atoms with Gasteiger partial charge in [-0.1, -0.05) is 128 Å². The Bertz CT molecular complexity index is 2910. The number of carbonyl (C=O) groups is 8. The predicted octanol–water partition coefficient (Wildman–Crippen LogP) is 5.68. The molecule has 0 saturated carbocycles. The minimum Gasteiger partial charge on any atom is -0.343 e. The molecule has 5 aromatic carbocycles. The van der Waals surface area contributed by atoms with Crippen LogP contribution in [0.15, 0.2) is 146 Å². The summed E-state index contributed by atoms with van der Waals surface area (Å²) in [5.41, 5.74) is 4.36. The Hall–Kier alpha value is -8.58. The normalized spacial score (nSPS) is 21.5. The van der Waals surface area contributed by atoms with E-state index >= 15 is 0 Å². The van der Waals surface area contributed by atoms with Crippen molar-refractivity contribution >= 4 is 58.9 Å². The molecule has 9 rings (SSSR count). The lowest BCUT2D eigenvalue weighted by molar-refractivity contribution is -0.144. The van der Waals surface area contributed by atoms with Gasteiger partial charge in [0.2, 0.25) is 35.4 Å². The average molecular weight is 1090 g/mol. The SMILES string of the molecule is CCC(=O)NC1CN(C(=O)Nc2ccc(NC(=O)N3CCC4CCC(C(=O)NC(c5ccccc5)c5ccccc5)N4C(=O)C(NC(=O)C(C)NC)C3)cc2)CCC2CCC(C(=O)NC(c3ccccc3)c3ccccc3)N2C1=O. The summed E-state index contributed by atoms with van der Waals surface area (Å²) in [4.78, 5) is 119. The first-order chi connectivity index (χ1) is 38.8. The highest BCUT2D eigenvalue weighted by Gasteiger charge is 2.48. The van der Waals surface area contributed by atoms with Gasteiger partial charge in [-0.25, -0.2) is 9.59 Å². The van der Waals surface area contributed by atoms with Crippen LogP contribution in [-0.2, 0) is 28.8 Å². The fourth-order valence-corrected chi connectivity index (χ4v) is 11.4. The number of nitrogens with zero attached hydrogens (tertiary/aromatic N) is 4. The lowest BCUT2D eigenvalue weighted by Gasteiger charge is -2.39. The Kier molecular flexibility index (Phi) is 18.2. The van der Waals surface area contributed by atoms with E-state index in [4.69, 9.17) is 0 Å². The number of rotatable bonds is 15. The van der Waals surface area contributed by atoms with E-state index in [1.807, 2.05) is 121 Å². The fourth-order valence-electron chi connectivity index (χ4n) is 11.4. The van der Waals surface area contributed by atoms with Crippen molar-refractivity contribution in [1.29, 1.82) is 0 Å². The van der Waals surface area contributed by atoms with Crippen LogP contribution < -0.4 is 37.2 Å². The zero-order valence-corrected chi connectivity index (χ0v) is 45.4. The Balaban J connectivity index is 0.844. The number of hydrogen-bond acceptors (Lipinski definition) is 9. The number of fused-ring (bicyclic) bond motifs is 2. The van der Waals surface area contributed by atoms with Gasteiger partial charge < -0.3 is 56.8 Å². The third kappa shape index (κ3) is 13.1. The van der Waals surface area contributed by atoms with Crippen LogP contribution in [0, 0.1) is 0 Å². The average Bonchev–Trinajstić information content (AvgIpc) is 4.16. The molecule has 7 unspecified atom stereocenters. The molecule has 4 heterocycles. The van der Waals surface area contributed by atoms with Crippen LogP contribution in [-0.4, -0.2) is 143 Å². The molecule has 4 fully saturated rings. The number of nitrogens with one attached hydrogen (secondary N) is 7. The van der Waals surface area contributed by atoms with Gasteiger partial charge in [-0.2, -0.15) is 0 Å². The van der Waals surface area contributed by atoms with Crippen LogP contribution in [0.1, 0.15) is 93.1 Å². The summed E-state index contributed by atoms with van der Waals surface area (Å²) >= 11 is 0. The number of carbonyl (C=O) groups excluding carboxylic acids is 8. The number of amides is 10. The second kappa shape index (κ2) is 25.9. The molecule has 418 valence electrons. The Morgan fingerprint density at radius 3 is 1.21 bits per heavy atom. The highest BCUT2D eigenvalue weighted by molar-refractivity contribution is 5.97. The van der Waals surface area contributed by atoms with Gasteiger partial charge in [0.1, 0.15) is 24.2 Å². The summed E-state index contributed by atoms with van der Waals surface area (Å²) in [6.45, 7) is 3.50. The zero-order valence-electron chi connectivity index (χ0n) is 45.4. The summed E-state index contributed by atoms with van der Waals surface area (Å²) < 4.78 is 0. The maximum atomic E-state index is 14.7. The molecule has 80 heavy (non-hydrogen) atoms. The van der Waals surface area contributed by atoms with Gasteiger partial charge in [-0.3, -0.25) is 28.8 Å². The fraction of sp³-hybridized carbons (Fsp3) is 0.377. The van der Waals surface area contributed by atoms with E-state index in [1.54, 1.807) is 55.0 Å². The van der Waals surface area contributed by atoms with Crippen molar-refractivity contribution in [1.82, 2.24) is 46.2 Å². The predicted molar refractivity (Wildman–Crippen MR) is 303 cm³/mol. The molecule has 4 aliphatic heterocycles. The Labute approximate surface area is 466 Å². The quantitative estimate of drug-likeness (QED) is 0.0683. The van der Waals surface area contributed by atoms with Crippen molar-refractivity contribution in [3.63, 3.8) is 0 Å². The monoisotopic (exact) mass is 1090 g/mol. The summed E-state index contributed by atoms with van der Waals surface area (Å²) in [7, 11) is 1.63. The van der Waals surface area contributed by atoms with Gasteiger partial charge in [-0.15, -0.1) is 0 Å². The van der Waals surface area contributed by atoms with Crippen molar-refractivity contribution in [2.24, 2.45) is 0 Å². The van der Waals surface area contributed by atoms with Gasteiger partial charge in [-0.05, 0) is 99.0 Å². The number of likely N-dealkylation sites (N-methyl/N-ethyl adjacent to an activating group) is 1. The molecule has 5 aromatic rings. The molecule has 0 aromatic heterocycles. The van der Waals surface area contributed by atoms with Gasteiger partial charge >= 0.3 is 12.1 Å². The number of benzene rings is 5. The van der Waals surface area contributed by atoms with E-state index in [0.29, 0.717) is 49.9 Å². The van der Waals surface area contributed by atoms with Gasteiger partial charge in [0.15, 0.2) is 0 Å². The maximum Gasteiger partial charge on any atom is 0.321 e. The Morgan fingerprint density at radius 2 is 0.863 bits per heavy atom. The first kappa shape index (κ1) is 56.2. The molecular formula is C61H71N11O8. The van der Waals surface area contributed by atoms with E-state index in [9.17, 15) is 38.4 Å². The minimum atomic E-state index is -1.17. The molecule has 19 heteroatoms. The smallest absolute Gasteiger partial charge is 0.321 e. The van der Waals surface area contributed by atoms with Crippen LogP contribution in [0.5, 0.6) is 0 Å². The molecule has 0 radical (unpaired) electrons. The van der Waals surface area contributed by atoms with Crippen LogP contribution in [0.25, 0.3) is 0 Å². The minimum absolute atomic E-state index is 0.108. The second-order valence-corrected chi connectivity index (χ2v) is 21.0. The van der Waals surface area contributed by atoms with Crippen LogP contribution in [0.3, 0.4) is 0 Å². The van der Waals surface area contributed by atoms with Crippen LogP contribution in [0.2, 0.25) is 0 Å².